The van der Waals surface area contributed by atoms with E-state index in [1.54, 1.807) is 6.07 Å². The van der Waals surface area contributed by atoms with Gasteiger partial charge in [-0.05, 0) is 23.3 Å². The maximum Gasteiger partial charge on any atom is 0.316 e. The number of carbonyl (C=O) groups is 1. The molecule has 0 bridgehead atoms. The molecule has 0 fully saturated rings. The lowest BCUT2D eigenvalue weighted by molar-refractivity contribution is 0.259. The third-order valence-electron chi connectivity index (χ3n) is 4.19. The predicted octanol–water partition coefficient (Wildman–Crippen LogP) is 3.03. The van der Waals surface area contributed by atoms with Crippen LogP contribution >= 0.6 is 0 Å². The molecule has 0 radical (unpaired) electrons. The largest absolute Gasteiger partial charge is 0.402 e. The fraction of sp³-hybridized carbons (Fsp3) is 0.143. The van der Waals surface area contributed by atoms with E-state index in [1.807, 2.05) is 42.7 Å². The van der Waals surface area contributed by atoms with E-state index in [-0.39, 0.29) is 0 Å². The maximum absolute atomic E-state index is 11.1. The average molecular weight is 361 g/mol. The Kier molecular flexibility index (Phi) is 5.56. The molecule has 2 aromatic carbocycles. The fourth-order valence-corrected chi connectivity index (χ4v) is 3.03. The second kappa shape index (κ2) is 8.23. The number of benzene rings is 2. The molecule has 3 aromatic rings. The molecule has 27 heavy (non-hydrogen) atoms. The Balaban J connectivity index is 1.86. The minimum atomic E-state index is -0.583. The number of amides is 2. The number of urea groups is 1. The predicted molar refractivity (Wildman–Crippen MR) is 107 cm³/mol. The van der Waals surface area contributed by atoms with Crippen molar-refractivity contribution in [2.75, 3.05) is 5.32 Å². The number of rotatable bonds is 7. The summed E-state index contributed by atoms with van der Waals surface area (Å²) in [7, 11) is 0. The van der Waals surface area contributed by atoms with Crippen LogP contribution < -0.4 is 16.8 Å². The van der Waals surface area contributed by atoms with Gasteiger partial charge in [0.25, 0.3) is 0 Å². The molecule has 0 atom stereocenters. The van der Waals surface area contributed by atoms with Crippen LogP contribution in [0.1, 0.15) is 22.5 Å². The molecule has 0 spiro atoms. The number of anilines is 1. The number of nitrogens with one attached hydrogen (secondary N) is 1. The standard InChI is InChI=1S/C21H23N5O/c1-15(22)10-20-19(12-16-6-3-2-4-7-16)24-14-26(20)13-17-8-5-9-18(11-17)25-21(23)27/h2-9,11,14H,1,10,12-13,22H2,(H3,23,25,27). The van der Waals surface area contributed by atoms with Gasteiger partial charge in [-0.2, -0.15) is 0 Å². The van der Waals surface area contributed by atoms with Crippen molar-refractivity contribution < 1.29 is 4.79 Å². The Labute approximate surface area is 158 Å². The zero-order valence-corrected chi connectivity index (χ0v) is 15.1. The monoisotopic (exact) mass is 361 g/mol. The minimum absolute atomic E-state index is 0.557. The molecule has 0 saturated carbocycles. The average Bonchev–Trinajstić information content (AvgIpc) is 2.96. The van der Waals surface area contributed by atoms with Gasteiger partial charge in [-0.1, -0.05) is 49.0 Å². The van der Waals surface area contributed by atoms with E-state index in [0.29, 0.717) is 24.4 Å². The molecular formula is C21H23N5O. The van der Waals surface area contributed by atoms with Crippen molar-refractivity contribution in [3.8, 4) is 0 Å². The van der Waals surface area contributed by atoms with Crippen LogP contribution in [-0.2, 0) is 19.4 Å². The molecule has 1 heterocycles. The van der Waals surface area contributed by atoms with Crippen LogP contribution in [0, 0.1) is 0 Å². The van der Waals surface area contributed by atoms with Crippen LogP contribution in [0.15, 0.2) is 73.2 Å². The number of allylic oxidation sites excluding steroid dienone is 1. The van der Waals surface area contributed by atoms with Gasteiger partial charge in [0.15, 0.2) is 0 Å². The third-order valence-corrected chi connectivity index (χ3v) is 4.19. The summed E-state index contributed by atoms with van der Waals surface area (Å²) in [6, 6.07) is 17.2. The van der Waals surface area contributed by atoms with Crippen LogP contribution in [0.5, 0.6) is 0 Å². The van der Waals surface area contributed by atoms with Gasteiger partial charge < -0.3 is 21.4 Å². The summed E-state index contributed by atoms with van der Waals surface area (Å²) in [6.07, 6.45) is 3.12. The van der Waals surface area contributed by atoms with Crippen LogP contribution in [-0.4, -0.2) is 15.6 Å². The topological polar surface area (TPSA) is 99.0 Å². The minimum Gasteiger partial charge on any atom is -0.402 e. The SMILES string of the molecule is C=C(N)Cc1c(Cc2ccccc2)ncn1Cc1cccc(NC(N)=O)c1. The molecule has 1 aromatic heterocycles. The van der Waals surface area contributed by atoms with Gasteiger partial charge in [0.05, 0.1) is 12.0 Å². The summed E-state index contributed by atoms with van der Waals surface area (Å²) in [5.74, 6) is 0. The smallest absolute Gasteiger partial charge is 0.316 e. The Morgan fingerprint density at radius 1 is 1.07 bits per heavy atom. The summed E-state index contributed by atoms with van der Waals surface area (Å²) in [5, 5.41) is 2.60. The Morgan fingerprint density at radius 2 is 1.81 bits per heavy atom. The van der Waals surface area contributed by atoms with Gasteiger partial charge in [-0.25, -0.2) is 9.78 Å². The van der Waals surface area contributed by atoms with E-state index in [4.69, 9.17) is 11.5 Å². The zero-order chi connectivity index (χ0) is 19.2. The van der Waals surface area contributed by atoms with Gasteiger partial charge in [-0.15, -0.1) is 0 Å². The summed E-state index contributed by atoms with van der Waals surface area (Å²) in [6.45, 7) is 4.46. The number of aromatic nitrogens is 2. The number of hydrogen-bond donors (Lipinski definition) is 3. The highest BCUT2D eigenvalue weighted by molar-refractivity contribution is 5.87. The Hall–Kier alpha value is -3.54. The highest BCUT2D eigenvalue weighted by atomic mass is 16.2. The number of nitrogens with two attached hydrogens (primary N) is 2. The number of imidazole rings is 1. The van der Waals surface area contributed by atoms with Crippen molar-refractivity contribution in [2.24, 2.45) is 11.5 Å². The van der Waals surface area contributed by atoms with E-state index < -0.39 is 6.03 Å². The normalized spacial score (nSPS) is 10.5. The lowest BCUT2D eigenvalue weighted by Gasteiger charge is -2.12. The molecule has 6 heteroatoms. The highest BCUT2D eigenvalue weighted by Crippen LogP contribution is 2.18. The van der Waals surface area contributed by atoms with E-state index in [0.717, 1.165) is 23.4 Å². The van der Waals surface area contributed by atoms with Gasteiger partial charge in [0.1, 0.15) is 0 Å². The summed E-state index contributed by atoms with van der Waals surface area (Å²) in [4.78, 5) is 15.7. The maximum atomic E-state index is 11.1. The first-order chi connectivity index (χ1) is 13.0. The third kappa shape index (κ3) is 4.98. The lowest BCUT2D eigenvalue weighted by Crippen LogP contribution is -2.19. The fourth-order valence-electron chi connectivity index (χ4n) is 3.03. The number of nitrogens with zero attached hydrogens (tertiary/aromatic N) is 2. The first-order valence-corrected chi connectivity index (χ1v) is 8.66. The summed E-state index contributed by atoms with van der Waals surface area (Å²) < 4.78 is 2.07. The summed E-state index contributed by atoms with van der Waals surface area (Å²) >= 11 is 0. The Bertz CT molecular complexity index is 946. The van der Waals surface area contributed by atoms with Crippen LogP contribution in [0.3, 0.4) is 0 Å². The van der Waals surface area contributed by atoms with Crippen molar-refractivity contribution in [1.29, 1.82) is 0 Å². The number of primary amides is 1. The van der Waals surface area contributed by atoms with Gasteiger partial charge in [0.2, 0.25) is 0 Å². The summed E-state index contributed by atoms with van der Waals surface area (Å²) in [5.41, 5.74) is 16.6. The van der Waals surface area contributed by atoms with Crippen molar-refractivity contribution in [3.63, 3.8) is 0 Å². The lowest BCUT2D eigenvalue weighted by atomic mass is 10.1. The van der Waals surface area contributed by atoms with E-state index in [1.165, 1.54) is 5.56 Å². The van der Waals surface area contributed by atoms with Gasteiger partial charge >= 0.3 is 6.03 Å². The van der Waals surface area contributed by atoms with Gasteiger partial charge in [0, 0.05) is 36.5 Å². The molecule has 0 aliphatic carbocycles. The molecule has 6 nitrogen and oxygen atoms in total. The van der Waals surface area contributed by atoms with Crippen molar-refractivity contribution in [1.82, 2.24) is 9.55 Å². The van der Waals surface area contributed by atoms with Crippen LogP contribution in [0.4, 0.5) is 10.5 Å². The molecular weight excluding hydrogens is 338 g/mol. The molecule has 138 valence electrons. The first-order valence-electron chi connectivity index (χ1n) is 8.66. The van der Waals surface area contributed by atoms with E-state index >= 15 is 0 Å². The second-order valence-electron chi connectivity index (χ2n) is 6.45. The molecule has 2 amide bonds. The van der Waals surface area contributed by atoms with Gasteiger partial charge in [-0.3, -0.25) is 0 Å². The molecule has 0 unspecified atom stereocenters. The molecule has 0 saturated heterocycles. The second-order valence-corrected chi connectivity index (χ2v) is 6.45. The quantitative estimate of drug-likeness (QED) is 0.603. The van der Waals surface area contributed by atoms with Crippen molar-refractivity contribution >= 4 is 11.7 Å². The first kappa shape index (κ1) is 18.3. The Morgan fingerprint density at radius 3 is 2.52 bits per heavy atom. The number of hydrogen-bond acceptors (Lipinski definition) is 3. The number of carbonyl (C=O) groups excluding carboxylic acids is 1. The van der Waals surface area contributed by atoms with Crippen LogP contribution in [0.2, 0.25) is 0 Å². The molecule has 0 aliphatic rings. The zero-order valence-electron chi connectivity index (χ0n) is 15.1. The van der Waals surface area contributed by atoms with Crippen molar-refractivity contribution in [3.05, 3.63) is 95.7 Å². The van der Waals surface area contributed by atoms with E-state index in [2.05, 4.69) is 33.6 Å². The van der Waals surface area contributed by atoms with E-state index in [9.17, 15) is 4.79 Å². The highest BCUT2D eigenvalue weighted by Gasteiger charge is 2.13. The molecule has 3 rings (SSSR count). The molecule has 5 N–H and O–H groups in total. The van der Waals surface area contributed by atoms with Crippen LogP contribution in [0.25, 0.3) is 0 Å². The molecule has 0 aliphatic heterocycles. The van der Waals surface area contributed by atoms with Crippen molar-refractivity contribution in [2.45, 2.75) is 19.4 Å².